The fourth-order valence-electron chi connectivity index (χ4n) is 0.119. The monoisotopic (exact) mass is 117 g/mol. The van der Waals surface area contributed by atoms with Gasteiger partial charge in [-0.05, 0) is 0 Å². The first-order valence-corrected chi connectivity index (χ1v) is 1.57. The summed E-state index contributed by atoms with van der Waals surface area (Å²) in [5, 5.41) is 22.2. The molecule has 6 heteroatoms. The fraction of sp³-hybridized carbons (Fsp3) is 0. The molecule has 6 nitrogen and oxygen atoms in total. The Kier molecular flexibility index (Phi) is 3.04. The molecule has 2 N–H and O–H groups in total. The number of carbonyl (C=O) groups is 1. The van der Waals surface area contributed by atoms with Gasteiger partial charge in [-0.25, -0.2) is 0 Å². The number of hydrogen-bond acceptors (Lipinski definition) is 4. The third-order valence-corrected chi connectivity index (χ3v) is 0.311. The molecule has 0 aromatic heterocycles. The van der Waals surface area contributed by atoms with Gasteiger partial charge in [-0.2, -0.15) is 0 Å². The van der Waals surface area contributed by atoms with Crippen LogP contribution in [-0.2, 0) is 4.79 Å². The van der Waals surface area contributed by atoms with Crippen LogP contribution in [-0.4, -0.2) is 22.5 Å². The normalized spacial score (nSPS) is 11.0. The highest BCUT2D eigenvalue weighted by Gasteiger charge is 1.88. The lowest BCUT2D eigenvalue weighted by molar-refractivity contribution is -0.112. The summed E-state index contributed by atoms with van der Waals surface area (Å²) in [6.45, 7) is 0. The van der Waals surface area contributed by atoms with Gasteiger partial charge in [0.1, 0.15) is 6.21 Å². The van der Waals surface area contributed by atoms with E-state index in [1.54, 1.807) is 0 Å². The van der Waals surface area contributed by atoms with Crippen molar-refractivity contribution >= 4 is 12.1 Å². The van der Waals surface area contributed by atoms with Gasteiger partial charge in [0.2, 0.25) is 0 Å². The third kappa shape index (κ3) is 2.76. The molecule has 0 aliphatic heterocycles. The predicted octanol–water partition coefficient (Wildman–Crippen LogP) is -0.186. The van der Waals surface area contributed by atoms with Crippen LogP contribution in [0.15, 0.2) is 15.5 Å². The Bertz CT molecular complexity index is 114. The number of oxime groups is 1. The second-order valence-corrected chi connectivity index (χ2v) is 0.772. The molecule has 1 amide bonds. The molecule has 0 bridgehead atoms. The van der Waals surface area contributed by atoms with Crippen molar-refractivity contribution in [3.05, 3.63) is 0 Å². The molecule has 0 radical (unpaired) electrons. The molecule has 0 aromatic rings. The van der Waals surface area contributed by atoms with Gasteiger partial charge in [-0.15, -0.1) is 0 Å². The number of rotatable bonds is 1. The number of hydrogen-bond donors (Lipinski definition) is 2. The largest absolute Gasteiger partial charge is 0.411 e. The lowest BCUT2D eigenvalue weighted by Crippen LogP contribution is -1.91. The molecule has 0 atom stereocenters. The van der Waals surface area contributed by atoms with E-state index in [9.17, 15) is 4.79 Å². The van der Waals surface area contributed by atoms with Crippen molar-refractivity contribution in [1.82, 2.24) is 0 Å². The van der Waals surface area contributed by atoms with Crippen LogP contribution in [0.4, 0.5) is 0 Å². The van der Waals surface area contributed by atoms with E-state index in [4.69, 9.17) is 10.4 Å². The Morgan fingerprint density at radius 2 is 2.12 bits per heavy atom. The molecule has 0 unspecified atom stereocenters. The first-order chi connectivity index (χ1) is 3.81. The van der Waals surface area contributed by atoms with Crippen LogP contribution >= 0.6 is 0 Å². The summed E-state index contributed by atoms with van der Waals surface area (Å²) >= 11 is 0. The summed E-state index contributed by atoms with van der Waals surface area (Å²) in [5.74, 6) is -0.921. The van der Waals surface area contributed by atoms with Crippen LogP contribution in [0.2, 0.25) is 0 Å². The van der Waals surface area contributed by atoms with E-state index in [-0.39, 0.29) is 0 Å². The number of amides is 1. The summed E-state index contributed by atoms with van der Waals surface area (Å²) in [4.78, 5) is 9.91. The third-order valence-electron chi connectivity index (χ3n) is 0.311. The van der Waals surface area contributed by atoms with E-state index in [2.05, 4.69) is 15.5 Å². The summed E-state index contributed by atoms with van der Waals surface area (Å²) in [6.07, 6.45) is 0.500. The van der Waals surface area contributed by atoms with Crippen LogP contribution in [0.3, 0.4) is 0 Å². The molecule has 0 saturated heterocycles. The summed E-state index contributed by atoms with van der Waals surface area (Å²) in [5.41, 5.74) is 0. The van der Waals surface area contributed by atoms with Crippen molar-refractivity contribution in [2.75, 3.05) is 0 Å². The van der Waals surface area contributed by atoms with Crippen LogP contribution in [0.5, 0.6) is 0 Å². The van der Waals surface area contributed by atoms with Crippen molar-refractivity contribution in [2.45, 2.75) is 0 Å². The summed E-state index contributed by atoms with van der Waals surface area (Å²) < 4.78 is 0. The van der Waals surface area contributed by atoms with E-state index in [1.807, 2.05) is 0 Å². The Balaban J connectivity index is 3.66. The van der Waals surface area contributed by atoms with Gasteiger partial charge in [0.25, 0.3) is 0 Å². The summed E-state index contributed by atoms with van der Waals surface area (Å²) in [6, 6.07) is 0. The van der Waals surface area contributed by atoms with Gasteiger partial charge in [-0.3, -0.25) is 4.79 Å². The first kappa shape index (κ1) is 6.54. The van der Waals surface area contributed by atoms with Crippen molar-refractivity contribution in [1.29, 1.82) is 0 Å². The zero-order chi connectivity index (χ0) is 6.41. The molecule has 0 rings (SSSR count). The predicted molar refractivity (Wildman–Crippen MR) is 21.9 cm³/mol. The van der Waals surface area contributed by atoms with Crippen molar-refractivity contribution < 1.29 is 15.2 Å². The minimum absolute atomic E-state index is 0.500. The number of carbonyl (C=O) groups excluding carboxylic acids is 1. The van der Waals surface area contributed by atoms with Crippen molar-refractivity contribution in [2.24, 2.45) is 15.5 Å². The van der Waals surface area contributed by atoms with E-state index in [0.717, 1.165) is 0 Å². The molecule has 0 spiro atoms. The molecular formula is C2H3N3O3. The Labute approximate surface area is 44.1 Å². The molecule has 0 aliphatic rings. The quantitative estimate of drug-likeness (QED) is 0.216. The van der Waals surface area contributed by atoms with E-state index in [0.29, 0.717) is 6.21 Å². The maximum atomic E-state index is 9.91. The SMILES string of the molecule is O=C(/C=N/O)/N=N/O. The van der Waals surface area contributed by atoms with Gasteiger partial charge in [0.05, 0.1) is 0 Å². The highest BCUT2D eigenvalue weighted by atomic mass is 16.5. The van der Waals surface area contributed by atoms with Crippen molar-refractivity contribution in [3.63, 3.8) is 0 Å². The van der Waals surface area contributed by atoms with Gasteiger partial charge in [0.15, 0.2) is 0 Å². The lowest BCUT2D eigenvalue weighted by atomic mass is 10.7. The molecular weight excluding hydrogens is 114 g/mol. The van der Waals surface area contributed by atoms with Gasteiger partial charge in [-0.1, -0.05) is 10.3 Å². The molecule has 0 aromatic carbocycles. The van der Waals surface area contributed by atoms with Crippen LogP contribution in [0.25, 0.3) is 0 Å². The highest BCUT2D eigenvalue weighted by molar-refractivity contribution is 6.26. The standard InChI is InChI=1S/C2H3N3O3/c6-2(1-3-7)4-5-8/h1,7H,(H,4,6,8)/b3-1+. The van der Waals surface area contributed by atoms with Gasteiger partial charge in [0, 0.05) is 5.28 Å². The Morgan fingerprint density at radius 3 is 2.50 bits per heavy atom. The molecule has 0 aliphatic carbocycles. The average Bonchev–Trinajstić information content (AvgIpc) is 1.68. The first-order valence-electron chi connectivity index (χ1n) is 1.57. The number of nitrogens with zero attached hydrogens (tertiary/aromatic N) is 3. The smallest absolute Gasteiger partial charge is 0.312 e. The summed E-state index contributed by atoms with van der Waals surface area (Å²) in [7, 11) is 0. The molecule has 0 saturated carbocycles. The average molecular weight is 117 g/mol. The van der Waals surface area contributed by atoms with E-state index in [1.165, 1.54) is 0 Å². The molecule has 44 valence electrons. The van der Waals surface area contributed by atoms with Gasteiger partial charge < -0.3 is 10.4 Å². The van der Waals surface area contributed by atoms with Gasteiger partial charge >= 0.3 is 5.91 Å². The van der Waals surface area contributed by atoms with E-state index >= 15 is 0 Å². The molecule has 8 heavy (non-hydrogen) atoms. The topological polar surface area (TPSA) is 94.6 Å². The molecule has 0 fully saturated rings. The van der Waals surface area contributed by atoms with Crippen LogP contribution < -0.4 is 0 Å². The highest BCUT2D eigenvalue weighted by Crippen LogP contribution is 1.69. The lowest BCUT2D eigenvalue weighted by Gasteiger charge is -1.71. The zero-order valence-corrected chi connectivity index (χ0v) is 3.72. The minimum Gasteiger partial charge on any atom is -0.411 e. The van der Waals surface area contributed by atoms with Crippen LogP contribution in [0, 0.1) is 0 Å². The fourth-order valence-corrected chi connectivity index (χ4v) is 0.119. The second kappa shape index (κ2) is 3.72. The van der Waals surface area contributed by atoms with E-state index < -0.39 is 5.91 Å². The van der Waals surface area contributed by atoms with Crippen molar-refractivity contribution in [3.8, 4) is 0 Å². The molecule has 0 heterocycles. The Morgan fingerprint density at radius 1 is 1.50 bits per heavy atom. The van der Waals surface area contributed by atoms with Crippen LogP contribution in [0.1, 0.15) is 0 Å². The zero-order valence-electron chi connectivity index (χ0n) is 3.72. The minimum atomic E-state index is -0.921. The second-order valence-electron chi connectivity index (χ2n) is 0.772. The Hall–Kier alpha value is -1.46. The maximum Gasteiger partial charge on any atom is 0.312 e. The maximum absolute atomic E-state index is 9.91.